The number of hydrogen-bond donors (Lipinski definition) is 1. The molecule has 0 atom stereocenters. The number of carbonyl (C=O) groups excluding carboxylic acids is 1. The van der Waals surface area contributed by atoms with E-state index in [1.807, 2.05) is 49.7 Å². The molecule has 0 radical (unpaired) electrons. The van der Waals surface area contributed by atoms with Crippen molar-refractivity contribution >= 4 is 33.4 Å². The molecule has 4 rings (SSSR count). The van der Waals surface area contributed by atoms with Gasteiger partial charge >= 0.3 is 0 Å². The van der Waals surface area contributed by atoms with Crippen LogP contribution >= 0.6 is 0 Å². The third kappa shape index (κ3) is 3.31. The zero-order valence-electron chi connectivity index (χ0n) is 16.6. The summed E-state index contributed by atoms with van der Waals surface area (Å²) in [6.07, 6.45) is 1.63. The second kappa shape index (κ2) is 7.20. The van der Waals surface area contributed by atoms with Crippen molar-refractivity contribution in [1.82, 2.24) is 9.13 Å². The minimum Gasteiger partial charge on any atom is -0.339 e. The van der Waals surface area contributed by atoms with E-state index < -0.39 is 0 Å². The van der Waals surface area contributed by atoms with Crippen molar-refractivity contribution < 1.29 is 9.18 Å². The minimum absolute atomic E-state index is 0.120. The molecule has 2 aromatic carbocycles. The lowest BCUT2D eigenvalue weighted by atomic mass is 10.1. The summed E-state index contributed by atoms with van der Waals surface area (Å²) < 4.78 is 16.6. The lowest BCUT2D eigenvalue weighted by molar-refractivity contribution is 0.102. The molecule has 2 aromatic heterocycles. The molecule has 0 aliphatic rings. The Morgan fingerprint density at radius 2 is 1.79 bits per heavy atom. The van der Waals surface area contributed by atoms with Gasteiger partial charge in [-0.05, 0) is 36.2 Å². The van der Waals surface area contributed by atoms with Crippen LogP contribution in [-0.4, -0.2) is 15.0 Å². The first-order chi connectivity index (χ1) is 13.9. The summed E-state index contributed by atoms with van der Waals surface area (Å²) in [4.78, 5) is 26.4. The first kappa shape index (κ1) is 18.9. The number of nitrogens with one attached hydrogen (secondary N) is 1. The van der Waals surface area contributed by atoms with E-state index >= 15 is 0 Å². The lowest BCUT2D eigenvalue weighted by Gasteiger charge is -2.13. The normalized spacial score (nSPS) is 11.5. The fourth-order valence-corrected chi connectivity index (χ4v) is 3.76. The van der Waals surface area contributed by atoms with E-state index in [1.165, 1.54) is 24.3 Å². The number of para-hydroxylation sites is 1. The van der Waals surface area contributed by atoms with Crippen molar-refractivity contribution in [3.05, 3.63) is 76.5 Å². The third-order valence-electron chi connectivity index (χ3n) is 5.03. The molecular formula is C23H22FN3O2. The van der Waals surface area contributed by atoms with Gasteiger partial charge in [0.05, 0.1) is 5.56 Å². The standard InChI is InChI=1S/C23H22FN3O2/c1-14(2)12-27-13-18(22(28)25-16-10-8-15(24)9-11-16)20-17-6-4-5-7-19(17)26(3)21(20)23(27)29/h4-11,13-14H,12H2,1-3H3,(H,25,28). The van der Waals surface area contributed by atoms with Gasteiger partial charge in [-0.2, -0.15) is 0 Å². The fraction of sp³-hybridized carbons (Fsp3) is 0.217. The second-order valence-electron chi connectivity index (χ2n) is 7.65. The van der Waals surface area contributed by atoms with Gasteiger partial charge in [0, 0.05) is 41.8 Å². The molecule has 4 aromatic rings. The molecular weight excluding hydrogens is 369 g/mol. The van der Waals surface area contributed by atoms with Crippen LogP contribution in [0.15, 0.2) is 59.5 Å². The molecule has 0 bridgehead atoms. The summed E-state index contributed by atoms with van der Waals surface area (Å²) in [6.45, 7) is 4.56. The van der Waals surface area contributed by atoms with Crippen molar-refractivity contribution in [2.24, 2.45) is 13.0 Å². The Balaban J connectivity index is 1.97. The number of aromatic nitrogens is 2. The molecule has 0 spiro atoms. The summed E-state index contributed by atoms with van der Waals surface area (Å²) in [6, 6.07) is 13.3. The monoisotopic (exact) mass is 391 g/mol. The van der Waals surface area contributed by atoms with E-state index in [0.717, 1.165) is 10.9 Å². The van der Waals surface area contributed by atoms with Gasteiger partial charge in [0.15, 0.2) is 0 Å². The van der Waals surface area contributed by atoms with Crippen LogP contribution in [-0.2, 0) is 13.6 Å². The van der Waals surface area contributed by atoms with E-state index in [-0.39, 0.29) is 23.2 Å². The first-order valence-corrected chi connectivity index (χ1v) is 9.54. The zero-order chi connectivity index (χ0) is 20.7. The van der Waals surface area contributed by atoms with Crippen LogP contribution in [0.1, 0.15) is 24.2 Å². The van der Waals surface area contributed by atoms with Crippen LogP contribution in [0.25, 0.3) is 21.8 Å². The van der Waals surface area contributed by atoms with Gasteiger partial charge in [0.1, 0.15) is 11.3 Å². The van der Waals surface area contributed by atoms with Crippen molar-refractivity contribution in [2.45, 2.75) is 20.4 Å². The van der Waals surface area contributed by atoms with Crippen LogP contribution in [0.4, 0.5) is 10.1 Å². The van der Waals surface area contributed by atoms with E-state index in [4.69, 9.17) is 0 Å². The van der Waals surface area contributed by atoms with E-state index in [2.05, 4.69) is 5.32 Å². The Labute approximate surface area is 167 Å². The smallest absolute Gasteiger partial charge is 0.275 e. The van der Waals surface area contributed by atoms with Crippen LogP contribution in [0, 0.1) is 11.7 Å². The maximum Gasteiger partial charge on any atom is 0.275 e. The van der Waals surface area contributed by atoms with Crippen molar-refractivity contribution in [2.75, 3.05) is 5.32 Å². The van der Waals surface area contributed by atoms with E-state index in [0.29, 0.717) is 28.7 Å². The number of amides is 1. The topological polar surface area (TPSA) is 56.0 Å². The Morgan fingerprint density at radius 1 is 1.10 bits per heavy atom. The predicted molar refractivity (Wildman–Crippen MR) is 114 cm³/mol. The highest BCUT2D eigenvalue weighted by atomic mass is 19.1. The quantitative estimate of drug-likeness (QED) is 0.555. The molecule has 1 amide bonds. The highest BCUT2D eigenvalue weighted by molar-refractivity contribution is 6.20. The maximum absolute atomic E-state index is 13.2. The van der Waals surface area contributed by atoms with Crippen LogP contribution in [0.5, 0.6) is 0 Å². The molecule has 6 heteroatoms. The van der Waals surface area contributed by atoms with E-state index in [9.17, 15) is 14.0 Å². The predicted octanol–water partition coefficient (Wildman–Crippen LogP) is 4.54. The molecule has 1 N–H and O–H groups in total. The number of fused-ring (bicyclic) bond motifs is 3. The number of carbonyl (C=O) groups is 1. The molecule has 0 saturated carbocycles. The number of benzene rings is 2. The molecule has 0 aliphatic heterocycles. The average molecular weight is 391 g/mol. The summed E-state index contributed by atoms with van der Waals surface area (Å²) in [5, 5.41) is 4.30. The minimum atomic E-state index is -0.370. The SMILES string of the molecule is CC(C)Cn1cc(C(=O)Nc2ccc(F)cc2)c2c3ccccc3n(C)c2c1=O. The maximum atomic E-state index is 13.2. The summed E-state index contributed by atoms with van der Waals surface area (Å²) in [5.41, 5.74) is 2.18. The number of nitrogens with zero attached hydrogens (tertiary/aromatic N) is 2. The summed E-state index contributed by atoms with van der Waals surface area (Å²) in [7, 11) is 1.84. The van der Waals surface area contributed by atoms with Crippen LogP contribution < -0.4 is 10.9 Å². The summed E-state index contributed by atoms with van der Waals surface area (Å²) >= 11 is 0. The Morgan fingerprint density at radius 3 is 2.48 bits per heavy atom. The fourth-order valence-electron chi connectivity index (χ4n) is 3.76. The molecule has 0 saturated heterocycles. The number of pyridine rings is 1. The van der Waals surface area contributed by atoms with Crippen LogP contribution in [0.2, 0.25) is 0 Å². The summed E-state index contributed by atoms with van der Waals surface area (Å²) in [5.74, 6) is -0.465. The van der Waals surface area contributed by atoms with Gasteiger partial charge in [-0.3, -0.25) is 9.59 Å². The van der Waals surface area contributed by atoms with Gasteiger partial charge < -0.3 is 14.5 Å². The number of halogens is 1. The van der Waals surface area contributed by atoms with E-state index in [1.54, 1.807) is 10.8 Å². The molecule has 29 heavy (non-hydrogen) atoms. The van der Waals surface area contributed by atoms with Crippen molar-refractivity contribution in [3.63, 3.8) is 0 Å². The lowest BCUT2D eigenvalue weighted by Crippen LogP contribution is -2.26. The molecule has 5 nitrogen and oxygen atoms in total. The van der Waals surface area contributed by atoms with Gasteiger partial charge in [0.25, 0.3) is 11.5 Å². The second-order valence-corrected chi connectivity index (χ2v) is 7.65. The van der Waals surface area contributed by atoms with Gasteiger partial charge in [-0.25, -0.2) is 4.39 Å². The Bertz CT molecular complexity index is 1280. The number of rotatable bonds is 4. The number of anilines is 1. The zero-order valence-corrected chi connectivity index (χ0v) is 16.6. The molecule has 0 aliphatic carbocycles. The van der Waals surface area contributed by atoms with Crippen LogP contribution in [0.3, 0.4) is 0 Å². The average Bonchev–Trinajstić information content (AvgIpc) is 2.99. The molecule has 0 unspecified atom stereocenters. The molecule has 0 fully saturated rings. The largest absolute Gasteiger partial charge is 0.339 e. The highest BCUT2D eigenvalue weighted by Crippen LogP contribution is 2.29. The van der Waals surface area contributed by atoms with Gasteiger partial charge in [0.2, 0.25) is 0 Å². The Hall–Kier alpha value is -3.41. The number of hydrogen-bond acceptors (Lipinski definition) is 2. The number of aryl methyl sites for hydroxylation is 1. The highest BCUT2D eigenvalue weighted by Gasteiger charge is 2.21. The molecule has 148 valence electrons. The van der Waals surface area contributed by atoms with Gasteiger partial charge in [-0.15, -0.1) is 0 Å². The third-order valence-corrected chi connectivity index (χ3v) is 5.03. The molecule has 2 heterocycles. The van der Waals surface area contributed by atoms with Crippen molar-refractivity contribution in [3.8, 4) is 0 Å². The first-order valence-electron chi connectivity index (χ1n) is 9.54. The Kier molecular flexibility index (Phi) is 4.70. The van der Waals surface area contributed by atoms with Crippen molar-refractivity contribution in [1.29, 1.82) is 0 Å². The van der Waals surface area contributed by atoms with Gasteiger partial charge in [-0.1, -0.05) is 32.0 Å².